The first-order valence-corrected chi connectivity index (χ1v) is 9.63. The molecule has 0 radical (unpaired) electrons. The first kappa shape index (κ1) is 20.9. The number of hydrazone groups is 1. The normalized spacial score (nSPS) is 19.5. The fourth-order valence-electron chi connectivity index (χ4n) is 3.15. The van der Waals surface area contributed by atoms with Gasteiger partial charge in [-0.3, -0.25) is 9.48 Å². The quantitative estimate of drug-likeness (QED) is 0.576. The van der Waals surface area contributed by atoms with Crippen LogP contribution in [0.5, 0.6) is 5.75 Å². The van der Waals surface area contributed by atoms with Gasteiger partial charge < -0.3 is 10.1 Å². The molecule has 9 heteroatoms. The number of amides is 3. The van der Waals surface area contributed by atoms with Gasteiger partial charge in [0.1, 0.15) is 16.4 Å². The summed E-state index contributed by atoms with van der Waals surface area (Å²) >= 11 is 6.41. The Morgan fingerprint density at radius 2 is 1.97 bits per heavy atom. The van der Waals surface area contributed by atoms with Gasteiger partial charge in [-0.2, -0.15) is 10.2 Å². The molecule has 1 aromatic heterocycles. The van der Waals surface area contributed by atoms with Crippen LogP contribution in [-0.2, 0) is 16.9 Å². The number of urea groups is 1. The summed E-state index contributed by atoms with van der Waals surface area (Å²) in [6.07, 6.45) is 1.40. The second-order valence-electron chi connectivity index (χ2n) is 7.51. The number of aryl methyl sites for hydroxylation is 1. The Labute approximate surface area is 174 Å². The van der Waals surface area contributed by atoms with E-state index in [9.17, 15) is 9.59 Å². The molecule has 3 rings (SSSR count). The van der Waals surface area contributed by atoms with Crippen molar-refractivity contribution in [2.75, 3.05) is 7.11 Å². The summed E-state index contributed by atoms with van der Waals surface area (Å²) in [5.41, 5.74) is 0.658. The third kappa shape index (κ3) is 3.85. The number of halogens is 1. The Hall–Kier alpha value is -2.87. The summed E-state index contributed by atoms with van der Waals surface area (Å²) in [5.74, 6) is 0.549. The van der Waals surface area contributed by atoms with E-state index < -0.39 is 17.5 Å². The highest BCUT2D eigenvalue weighted by Gasteiger charge is 2.49. The molecule has 0 saturated carbocycles. The molecule has 0 unspecified atom stereocenters. The molecule has 0 bridgehead atoms. The maximum absolute atomic E-state index is 13.0. The summed E-state index contributed by atoms with van der Waals surface area (Å²) < 4.78 is 6.83. The van der Waals surface area contributed by atoms with Gasteiger partial charge in [0.05, 0.1) is 24.6 Å². The van der Waals surface area contributed by atoms with Crippen molar-refractivity contribution < 1.29 is 14.3 Å². The Bertz CT molecular complexity index is 967. The van der Waals surface area contributed by atoms with Crippen molar-refractivity contribution >= 4 is 29.8 Å². The van der Waals surface area contributed by atoms with E-state index >= 15 is 0 Å². The maximum Gasteiger partial charge on any atom is 0.346 e. The van der Waals surface area contributed by atoms with E-state index in [1.165, 1.54) is 6.21 Å². The van der Waals surface area contributed by atoms with E-state index in [4.69, 9.17) is 16.3 Å². The zero-order chi connectivity index (χ0) is 21.3. The molecule has 1 aromatic carbocycles. The van der Waals surface area contributed by atoms with Crippen LogP contribution in [0.25, 0.3) is 0 Å². The van der Waals surface area contributed by atoms with Crippen LogP contribution >= 0.6 is 11.6 Å². The predicted molar refractivity (Wildman–Crippen MR) is 110 cm³/mol. The SMILES string of the molecule is COc1ccc([C@@]2(C)NC(=O)N(N=Cc3c(C)nn(CC(C)C)c3Cl)C2=O)cc1. The Balaban J connectivity index is 1.86. The van der Waals surface area contributed by atoms with Gasteiger partial charge >= 0.3 is 6.03 Å². The first-order chi connectivity index (χ1) is 13.7. The van der Waals surface area contributed by atoms with Gasteiger partial charge in [-0.05, 0) is 37.5 Å². The summed E-state index contributed by atoms with van der Waals surface area (Å²) in [6, 6.07) is 6.34. The molecular formula is C20H24ClN5O3. The zero-order valence-corrected chi connectivity index (χ0v) is 17.8. The molecule has 8 nitrogen and oxygen atoms in total. The number of carbonyl (C=O) groups is 2. The van der Waals surface area contributed by atoms with E-state index in [2.05, 4.69) is 29.4 Å². The van der Waals surface area contributed by atoms with Crippen LogP contribution in [-0.4, -0.2) is 40.1 Å². The van der Waals surface area contributed by atoms with Crippen molar-refractivity contribution in [2.45, 2.75) is 39.8 Å². The number of benzene rings is 1. The molecule has 0 spiro atoms. The van der Waals surface area contributed by atoms with E-state index in [-0.39, 0.29) is 0 Å². The zero-order valence-electron chi connectivity index (χ0n) is 17.1. The number of ether oxygens (including phenoxy) is 1. The summed E-state index contributed by atoms with van der Waals surface area (Å²) in [5, 5.41) is 12.5. The van der Waals surface area contributed by atoms with Crippen molar-refractivity contribution in [3.63, 3.8) is 0 Å². The van der Waals surface area contributed by atoms with Crippen LogP contribution in [0.4, 0.5) is 4.79 Å². The van der Waals surface area contributed by atoms with Crippen LogP contribution in [0, 0.1) is 12.8 Å². The minimum Gasteiger partial charge on any atom is -0.497 e. The second-order valence-corrected chi connectivity index (χ2v) is 7.87. The van der Waals surface area contributed by atoms with Gasteiger partial charge in [0.25, 0.3) is 5.91 Å². The second kappa shape index (κ2) is 7.87. The van der Waals surface area contributed by atoms with Crippen molar-refractivity contribution in [2.24, 2.45) is 11.0 Å². The Morgan fingerprint density at radius 1 is 1.31 bits per heavy atom. The monoisotopic (exact) mass is 417 g/mol. The number of rotatable bonds is 6. The number of imide groups is 1. The highest BCUT2D eigenvalue weighted by Crippen LogP contribution is 2.30. The van der Waals surface area contributed by atoms with Crippen LogP contribution in [0.1, 0.15) is 37.6 Å². The lowest BCUT2D eigenvalue weighted by Gasteiger charge is -2.21. The number of nitrogens with one attached hydrogen (secondary N) is 1. The molecule has 1 atom stereocenters. The molecule has 1 N–H and O–H groups in total. The maximum atomic E-state index is 13.0. The van der Waals surface area contributed by atoms with Gasteiger partial charge in [0, 0.05) is 6.54 Å². The number of hydrogen-bond acceptors (Lipinski definition) is 5. The number of aromatic nitrogens is 2. The van der Waals surface area contributed by atoms with Crippen LogP contribution in [0.2, 0.25) is 5.15 Å². The lowest BCUT2D eigenvalue weighted by Crippen LogP contribution is -2.40. The molecule has 1 aliphatic rings. The molecule has 154 valence electrons. The third-order valence-corrected chi connectivity index (χ3v) is 5.19. The highest BCUT2D eigenvalue weighted by atomic mass is 35.5. The minimum atomic E-state index is -1.22. The lowest BCUT2D eigenvalue weighted by atomic mass is 9.92. The van der Waals surface area contributed by atoms with Gasteiger partial charge in [-0.25, -0.2) is 4.79 Å². The van der Waals surface area contributed by atoms with Crippen LogP contribution in [0.15, 0.2) is 29.4 Å². The van der Waals surface area contributed by atoms with E-state index in [1.54, 1.807) is 49.9 Å². The van der Waals surface area contributed by atoms with Crippen LogP contribution < -0.4 is 10.1 Å². The van der Waals surface area contributed by atoms with Gasteiger partial charge in [-0.1, -0.05) is 37.6 Å². The van der Waals surface area contributed by atoms with Crippen molar-refractivity contribution in [1.29, 1.82) is 0 Å². The third-order valence-electron chi connectivity index (χ3n) is 4.79. The smallest absolute Gasteiger partial charge is 0.346 e. The average Bonchev–Trinajstić information content (AvgIpc) is 3.06. The fraction of sp³-hybridized carbons (Fsp3) is 0.400. The molecule has 1 fully saturated rings. The molecule has 1 saturated heterocycles. The Morgan fingerprint density at radius 3 is 2.55 bits per heavy atom. The molecule has 2 heterocycles. The number of methoxy groups -OCH3 is 1. The molecule has 2 aromatic rings. The van der Waals surface area contributed by atoms with Gasteiger partial charge in [0.2, 0.25) is 0 Å². The summed E-state index contributed by atoms with van der Waals surface area (Å²) in [6.45, 7) is 8.23. The first-order valence-electron chi connectivity index (χ1n) is 9.25. The van der Waals surface area contributed by atoms with E-state index in [0.717, 1.165) is 5.01 Å². The molecule has 0 aliphatic carbocycles. The fourth-order valence-corrected chi connectivity index (χ4v) is 3.44. The number of carbonyl (C=O) groups excluding carboxylic acids is 2. The molecule has 1 aliphatic heterocycles. The highest BCUT2D eigenvalue weighted by molar-refractivity contribution is 6.32. The van der Waals surface area contributed by atoms with Crippen molar-refractivity contribution in [3.05, 3.63) is 46.2 Å². The molecular weight excluding hydrogens is 394 g/mol. The largest absolute Gasteiger partial charge is 0.497 e. The summed E-state index contributed by atoms with van der Waals surface area (Å²) in [7, 11) is 1.56. The standard InChI is InChI=1S/C20H24ClN5O3/c1-12(2)11-25-17(21)16(13(3)24-25)10-22-26-18(27)20(4,23-19(26)28)14-6-8-15(29-5)9-7-14/h6-10,12H,11H2,1-5H3,(H,23,28)/t20-/m1/s1. The molecule has 29 heavy (non-hydrogen) atoms. The number of hydrogen-bond donors (Lipinski definition) is 1. The summed E-state index contributed by atoms with van der Waals surface area (Å²) in [4.78, 5) is 25.4. The van der Waals surface area contributed by atoms with Crippen LogP contribution in [0.3, 0.4) is 0 Å². The van der Waals surface area contributed by atoms with Crippen molar-refractivity contribution in [1.82, 2.24) is 20.1 Å². The predicted octanol–water partition coefficient (Wildman–Crippen LogP) is 3.31. The molecule has 3 amide bonds. The van der Waals surface area contributed by atoms with Gasteiger partial charge in [0.15, 0.2) is 0 Å². The van der Waals surface area contributed by atoms with Crippen molar-refractivity contribution in [3.8, 4) is 5.75 Å². The lowest BCUT2D eigenvalue weighted by molar-refractivity contribution is -0.131. The minimum absolute atomic E-state index is 0.368. The van der Waals surface area contributed by atoms with E-state index in [1.807, 2.05) is 0 Å². The topological polar surface area (TPSA) is 88.8 Å². The number of nitrogens with zero attached hydrogens (tertiary/aromatic N) is 4. The Kier molecular flexibility index (Phi) is 5.66. The average molecular weight is 418 g/mol. The van der Waals surface area contributed by atoms with Gasteiger partial charge in [-0.15, -0.1) is 5.01 Å². The van der Waals surface area contributed by atoms with E-state index in [0.29, 0.717) is 40.2 Å².